The van der Waals surface area contributed by atoms with E-state index in [9.17, 15) is 0 Å². The van der Waals surface area contributed by atoms with Gasteiger partial charge in [0.15, 0.2) is 0 Å². The third-order valence-corrected chi connectivity index (χ3v) is 5.10. The number of hydrogen-bond acceptors (Lipinski definition) is 1. The van der Waals surface area contributed by atoms with Crippen molar-refractivity contribution in [2.24, 2.45) is 5.92 Å². The molecule has 0 bridgehead atoms. The normalized spacial score (nSPS) is 21.8. The second-order valence-electron chi connectivity index (χ2n) is 6.00. The van der Waals surface area contributed by atoms with E-state index in [0.29, 0.717) is 5.92 Å². The molecule has 1 nitrogen and oxygen atoms in total. The Labute approximate surface area is 125 Å². The molecule has 1 unspecified atom stereocenters. The monoisotopic (exact) mass is 297 g/mol. The molecule has 0 amide bonds. The van der Waals surface area contributed by atoms with Gasteiger partial charge in [0, 0.05) is 28.5 Å². The van der Waals surface area contributed by atoms with Gasteiger partial charge in [-0.3, -0.25) is 0 Å². The van der Waals surface area contributed by atoms with Crippen molar-refractivity contribution in [1.29, 1.82) is 0 Å². The molecule has 2 aliphatic rings. The van der Waals surface area contributed by atoms with Gasteiger partial charge in [-0.05, 0) is 49.3 Å². The van der Waals surface area contributed by atoms with Crippen LogP contribution in [0.4, 0.5) is 0 Å². The van der Waals surface area contributed by atoms with E-state index in [1.165, 1.54) is 44.1 Å². The smallest absolute Gasteiger partial charge is 0.0456 e. The first kappa shape index (κ1) is 13.7. The summed E-state index contributed by atoms with van der Waals surface area (Å²) in [6.07, 6.45) is 8.11. The molecular weight excluding hydrogens is 277 g/mol. The van der Waals surface area contributed by atoms with Crippen molar-refractivity contribution in [2.75, 3.05) is 6.54 Å². The fraction of sp³-hybridized carbons (Fsp3) is 0.625. The Morgan fingerprint density at radius 3 is 2.47 bits per heavy atom. The van der Waals surface area contributed by atoms with Crippen LogP contribution in [0, 0.1) is 5.92 Å². The van der Waals surface area contributed by atoms with E-state index < -0.39 is 0 Å². The summed E-state index contributed by atoms with van der Waals surface area (Å²) in [6, 6.07) is 6.75. The zero-order valence-electron chi connectivity index (χ0n) is 11.2. The molecule has 0 heterocycles. The maximum Gasteiger partial charge on any atom is 0.0456 e. The lowest BCUT2D eigenvalue weighted by Gasteiger charge is -2.25. The number of rotatable bonds is 5. The lowest BCUT2D eigenvalue weighted by atomic mass is 9.84. The van der Waals surface area contributed by atoms with Crippen molar-refractivity contribution < 1.29 is 0 Å². The molecule has 0 aliphatic heterocycles. The quantitative estimate of drug-likeness (QED) is 0.805. The van der Waals surface area contributed by atoms with Crippen LogP contribution in [0.3, 0.4) is 0 Å². The topological polar surface area (TPSA) is 12.0 Å². The molecule has 1 aromatic carbocycles. The van der Waals surface area contributed by atoms with Crippen LogP contribution in [0.15, 0.2) is 18.2 Å². The second kappa shape index (κ2) is 6.03. The Morgan fingerprint density at radius 2 is 1.84 bits per heavy atom. The molecule has 0 saturated heterocycles. The minimum Gasteiger partial charge on any atom is -0.313 e. The molecule has 1 atom stereocenters. The van der Waals surface area contributed by atoms with E-state index in [2.05, 4.69) is 11.4 Å². The SMILES string of the molecule is Clc1ccc(C(CNC2CC2)C2CCCC2)c(Cl)c1. The number of halogens is 2. The Bertz CT molecular complexity index is 436. The highest BCUT2D eigenvalue weighted by Crippen LogP contribution is 2.40. The fourth-order valence-corrected chi connectivity index (χ4v) is 3.82. The van der Waals surface area contributed by atoms with Gasteiger partial charge in [0.1, 0.15) is 0 Å². The van der Waals surface area contributed by atoms with Gasteiger partial charge in [0.2, 0.25) is 0 Å². The fourth-order valence-electron chi connectivity index (χ4n) is 3.27. The maximum absolute atomic E-state index is 6.42. The Morgan fingerprint density at radius 1 is 1.11 bits per heavy atom. The average molecular weight is 298 g/mol. The lowest BCUT2D eigenvalue weighted by Crippen LogP contribution is -2.27. The van der Waals surface area contributed by atoms with E-state index in [-0.39, 0.29) is 0 Å². The maximum atomic E-state index is 6.42. The lowest BCUT2D eigenvalue weighted by molar-refractivity contribution is 0.410. The van der Waals surface area contributed by atoms with E-state index in [1.807, 2.05) is 12.1 Å². The molecule has 3 rings (SSSR count). The van der Waals surface area contributed by atoms with E-state index in [1.54, 1.807) is 0 Å². The molecule has 2 saturated carbocycles. The van der Waals surface area contributed by atoms with Gasteiger partial charge in [0.25, 0.3) is 0 Å². The summed E-state index contributed by atoms with van der Waals surface area (Å²) in [6.45, 7) is 1.07. The standard InChI is InChI=1S/C16H21Cl2N/c17-12-5-8-14(16(18)9-12)15(10-19-13-6-7-13)11-3-1-2-4-11/h5,8-9,11,13,15,19H,1-4,6-7,10H2. The van der Waals surface area contributed by atoms with Gasteiger partial charge >= 0.3 is 0 Å². The van der Waals surface area contributed by atoms with Crippen LogP contribution in [0.5, 0.6) is 0 Å². The average Bonchev–Trinajstić information content (AvgIpc) is 3.05. The highest BCUT2D eigenvalue weighted by molar-refractivity contribution is 6.35. The van der Waals surface area contributed by atoms with Gasteiger partial charge in [-0.1, -0.05) is 42.1 Å². The largest absolute Gasteiger partial charge is 0.313 e. The van der Waals surface area contributed by atoms with E-state index in [4.69, 9.17) is 23.2 Å². The van der Waals surface area contributed by atoms with Crippen molar-refractivity contribution in [3.05, 3.63) is 33.8 Å². The highest BCUT2D eigenvalue weighted by atomic mass is 35.5. The van der Waals surface area contributed by atoms with Crippen molar-refractivity contribution in [2.45, 2.75) is 50.5 Å². The van der Waals surface area contributed by atoms with Gasteiger partial charge in [-0.2, -0.15) is 0 Å². The predicted molar refractivity (Wildman–Crippen MR) is 82.2 cm³/mol. The van der Waals surface area contributed by atoms with Crippen molar-refractivity contribution in [3.63, 3.8) is 0 Å². The summed E-state index contributed by atoms with van der Waals surface area (Å²) in [5.41, 5.74) is 1.28. The summed E-state index contributed by atoms with van der Waals surface area (Å²) in [7, 11) is 0. The van der Waals surface area contributed by atoms with Gasteiger partial charge in [-0.15, -0.1) is 0 Å². The van der Waals surface area contributed by atoms with Crippen LogP contribution >= 0.6 is 23.2 Å². The summed E-state index contributed by atoms with van der Waals surface area (Å²) < 4.78 is 0. The number of hydrogen-bond donors (Lipinski definition) is 1. The minimum absolute atomic E-state index is 0.549. The van der Waals surface area contributed by atoms with Crippen molar-refractivity contribution in [1.82, 2.24) is 5.32 Å². The summed E-state index contributed by atoms with van der Waals surface area (Å²) in [4.78, 5) is 0. The van der Waals surface area contributed by atoms with Crippen LogP contribution in [0.25, 0.3) is 0 Å². The Hall–Kier alpha value is -0.240. The molecular formula is C16H21Cl2N. The van der Waals surface area contributed by atoms with Crippen molar-refractivity contribution >= 4 is 23.2 Å². The van der Waals surface area contributed by atoms with Crippen LogP contribution in [-0.4, -0.2) is 12.6 Å². The first-order chi connectivity index (χ1) is 9.24. The zero-order chi connectivity index (χ0) is 13.2. The second-order valence-corrected chi connectivity index (χ2v) is 6.84. The Kier molecular flexibility index (Phi) is 4.36. The van der Waals surface area contributed by atoms with Gasteiger partial charge < -0.3 is 5.32 Å². The third kappa shape index (κ3) is 3.45. The zero-order valence-corrected chi connectivity index (χ0v) is 12.7. The first-order valence-electron chi connectivity index (χ1n) is 7.42. The molecule has 2 aliphatic carbocycles. The third-order valence-electron chi connectivity index (χ3n) is 4.53. The summed E-state index contributed by atoms with van der Waals surface area (Å²) in [5, 5.41) is 5.25. The molecule has 1 N–H and O–H groups in total. The molecule has 0 radical (unpaired) electrons. The first-order valence-corrected chi connectivity index (χ1v) is 8.18. The number of benzene rings is 1. The summed E-state index contributed by atoms with van der Waals surface area (Å²) >= 11 is 12.4. The molecule has 0 spiro atoms. The van der Waals surface area contributed by atoms with Gasteiger partial charge in [-0.25, -0.2) is 0 Å². The Balaban J connectivity index is 1.78. The molecule has 1 aromatic rings. The summed E-state index contributed by atoms with van der Waals surface area (Å²) in [5.74, 6) is 1.33. The molecule has 104 valence electrons. The molecule has 0 aromatic heterocycles. The minimum atomic E-state index is 0.549. The molecule has 2 fully saturated rings. The van der Waals surface area contributed by atoms with E-state index in [0.717, 1.165) is 28.5 Å². The van der Waals surface area contributed by atoms with E-state index >= 15 is 0 Å². The van der Waals surface area contributed by atoms with Crippen LogP contribution in [-0.2, 0) is 0 Å². The van der Waals surface area contributed by atoms with Crippen LogP contribution < -0.4 is 5.32 Å². The molecule has 3 heteroatoms. The predicted octanol–water partition coefficient (Wildman–Crippen LogP) is 5.02. The van der Waals surface area contributed by atoms with Crippen molar-refractivity contribution in [3.8, 4) is 0 Å². The molecule has 19 heavy (non-hydrogen) atoms. The van der Waals surface area contributed by atoms with Gasteiger partial charge in [0.05, 0.1) is 0 Å². The number of nitrogens with one attached hydrogen (secondary N) is 1. The highest BCUT2D eigenvalue weighted by Gasteiger charge is 2.30. The van der Waals surface area contributed by atoms with Crippen LogP contribution in [0.1, 0.15) is 50.0 Å². The van der Waals surface area contributed by atoms with Crippen LogP contribution in [0.2, 0.25) is 10.0 Å².